The van der Waals surface area contributed by atoms with E-state index in [0.29, 0.717) is 6.04 Å². The topological polar surface area (TPSA) is 52.1 Å². The second kappa shape index (κ2) is 11.6. The Kier molecular flexibility index (Phi) is 9.21. The van der Waals surface area contributed by atoms with Crippen LogP contribution in [0.5, 0.6) is 0 Å². The van der Waals surface area contributed by atoms with Gasteiger partial charge in [-0.05, 0) is 26.7 Å². The van der Waals surface area contributed by atoms with Crippen LogP contribution in [0.3, 0.4) is 0 Å². The summed E-state index contributed by atoms with van der Waals surface area (Å²) in [5.74, 6) is 3.54. The number of thioether (sulfide) groups is 1. The quantitative estimate of drug-likeness (QED) is 0.494. The predicted molar refractivity (Wildman–Crippen MR) is 121 cm³/mol. The molecule has 1 saturated carbocycles. The lowest BCUT2D eigenvalue weighted by Gasteiger charge is -2.47. The van der Waals surface area contributed by atoms with Gasteiger partial charge in [0.2, 0.25) is 0 Å². The molecule has 0 amide bonds. The SMILES string of the molecule is CCNC(=NCC1(N2CCSCC2)CCCCC1)NCC(C)N1CCOCC1. The Bertz CT molecular complexity index is 471. The van der Waals surface area contributed by atoms with Crippen LogP contribution in [0.15, 0.2) is 4.99 Å². The van der Waals surface area contributed by atoms with Gasteiger partial charge >= 0.3 is 0 Å². The minimum Gasteiger partial charge on any atom is -0.379 e. The molecule has 3 rings (SSSR count). The Morgan fingerprint density at radius 3 is 2.46 bits per heavy atom. The van der Waals surface area contributed by atoms with Crippen LogP contribution in [0.2, 0.25) is 0 Å². The summed E-state index contributed by atoms with van der Waals surface area (Å²) in [5.41, 5.74) is 0.289. The van der Waals surface area contributed by atoms with Gasteiger partial charge in [0.15, 0.2) is 5.96 Å². The normalized spacial score (nSPS) is 26.0. The molecule has 0 bridgehead atoms. The van der Waals surface area contributed by atoms with Crippen LogP contribution >= 0.6 is 11.8 Å². The second-order valence-electron chi connectivity index (χ2n) is 8.46. The van der Waals surface area contributed by atoms with Gasteiger partial charge in [0, 0.05) is 62.4 Å². The van der Waals surface area contributed by atoms with E-state index in [9.17, 15) is 0 Å². The molecule has 0 aromatic heterocycles. The third-order valence-corrected chi connectivity index (χ3v) is 7.52. The van der Waals surface area contributed by atoms with Gasteiger partial charge in [-0.3, -0.25) is 14.8 Å². The second-order valence-corrected chi connectivity index (χ2v) is 9.68. The van der Waals surface area contributed by atoms with Crippen LogP contribution in [0.25, 0.3) is 0 Å². The van der Waals surface area contributed by atoms with E-state index < -0.39 is 0 Å². The lowest BCUT2D eigenvalue weighted by Crippen LogP contribution is -2.56. The summed E-state index contributed by atoms with van der Waals surface area (Å²) in [7, 11) is 0. The van der Waals surface area contributed by atoms with E-state index in [2.05, 4.69) is 46.0 Å². The van der Waals surface area contributed by atoms with Gasteiger partial charge in [-0.1, -0.05) is 19.3 Å². The summed E-state index contributed by atoms with van der Waals surface area (Å²) in [6.45, 7) is 13.5. The molecule has 2 heterocycles. The van der Waals surface area contributed by atoms with Gasteiger partial charge in [0.1, 0.15) is 0 Å². The van der Waals surface area contributed by atoms with Gasteiger partial charge in [0.05, 0.1) is 19.8 Å². The number of ether oxygens (including phenoxy) is 1. The molecule has 2 aliphatic heterocycles. The maximum Gasteiger partial charge on any atom is 0.191 e. The molecule has 1 atom stereocenters. The van der Waals surface area contributed by atoms with Gasteiger partial charge in [-0.2, -0.15) is 11.8 Å². The van der Waals surface area contributed by atoms with Crippen LogP contribution in [0.4, 0.5) is 0 Å². The monoisotopic (exact) mass is 411 g/mol. The predicted octanol–water partition coefficient (Wildman–Crippen LogP) is 2.01. The highest BCUT2D eigenvalue weighted by Crippen LogP contribution is 2.35. The summed E-state index contributed by atoms with van der Waals surface area (Å²) in [6.07, 6.45) is 6.73. The summed E-state index contributed by atoms with van der Waals surface area (Å²) >= 11 is 2.10. The smallest absolute Gasteiger partial charge is 0.191 e. The highest BCUT2D eigenvalue weighted by Gasteiger charge is 2.38. The van der Waals surface area contributed by atoms with Crippen molar-refractivity contribution in [3.8, 4) is 0 Å². The Labute approximate surface area is 176 Å². The number of hydrogen-bond donors (Lipinski definition) is 2. The van der Waals surface area contributed by atoms with E-state index in [0.717, 1.165) is 51.9 Å². The van der Waals surface area contributed by atoms with Crippen molar-refractivity contribution in [2.24, 2.45) is 4.99 Å². The van der Waals surface area contributed by atoms with Crippen LogP contribution < -0.4 is 10.6 Å². The molecule has 162 valence electrons. The van der Waals surface area contributed by atoms with Gasteiger partial charge in [-0.15, -0.1) is 0 Å². The van der Waals surface area contributed by atoms with Crippen LogP contribution in [-0.2, 0) is 4.74 Å². The van der Waals surface area contributed by atoms with Crippen molar-refractivity contribution in [3.05, 3.63) is 0 Å². The highest BCUT2D eigenvalue weighted by molar-refractivity contribution is 7.99. The number of aliphatic imine (C=N–C) groups is 1. The van der Waals surface area contributed by atoms with E-state index in [1.165, 1.54) is 56.7 Å². The molecule has 1 aliphatic carbocycles. The molecule has 28 heavy (non-hydrogen) atoms. The molecule has 3 fully saturated rings. The van der Waals surface area contributed by atoms with Crippen molar-refractivity contribution in [3.63, 3.8) is 0 Å². The molecule has 0 aromatic carbocycles. The van der Waals surface area contributed by atoms with E-state index in [-0.39, 0.29) is 5.54 Å². The number of guanidine groups is 1. The van der Waals surface area contributed by atoms with Gasteiger partial charge in [-0.25, -0.2) is 0 Å². The van der Waals surface area contributed by atoms with E-state index in [1.54, 1.807) is 0 Å². The van der Waals surface area contributed by atoms with Crippen LogP contribution in [-0.4, -0.2) is 97.9 Å². The Morgan fingerprint density at radius 1 is 1.07 bits per heavy atom. The lowest BCUT2D eigenvalue weighted by molar-refractivity contribution is 0.0211. The Balaban J connectivity index is 1.58. The largest absolute Gasteiger partial charge is 0.379 e. The number of morpholine rings is 1. The van der Waals surface area contributed by atoms with Gasteiger partial charge < -0.3 is 15.4 Å². The summed E-state index contributed by atoms with van der Waals surface area (Å²) < 4.78 is 5.48. The number of rotatable bonds is 7. The molecule has 7 heteroatoms. The first-order chi connectivity index (χ1) is 13.7. The van der Waals surface area contributed by atoms with Crippen molar-refractivity contribution in [2.75, 3.05) is 70.5 Å². The average Bonchev–Trinajstić information content (AvgIpc) is 2.77. The molecular weight excluding hydrogens is 370 g/mol. The zero-order valence-electron chi connectivity index (χ0n) is 18.0. The molecule has 0 radical (unpaired) electrons. The molecule has 2 N–H and O–H groups in total. The minimum atomic E-state index is 0.289. The highest BCUT2D eigenvalue weighted by atomic mass is 32.2. The van der Waals surface area contributed by atoms with Gasteiger partial charge in [0.25, 0.3) is 0 Å². The van der Waals surface area contributed by atoms with E-state index >= 15 is 0 Å². The molecule has 6 nitrogen and oxygen atoms in total. The fourth-order valence-corrected chi connectivity index (χ4v) is 5.68. The first-order valence-corrected chi connectivity index (χ1v) is 12.6. The molecule has 2 saturated heterocycles. The van der Waals surface area contributed by atoms with Crippen LogP contribution in [0, 0.1) is 0 Å². The molecule has 0 spiro atoms. The van der Waals surface area contributed by atoms with Crippen molar-refractivity contribution in [1.82, 2.24) is 20.4 Å². The van der Waals surface area contributed by atoms with Crippen molar-refractivity contribution < 1.29 is 4.74 Å². The number of nitrogens with one attached hydrogen (secondary N) is 2. The number of nitrogens with zero attached hydrogens (tertiary/aromatic N) is 3. The minimum absolute atomic E-state index is 0.289. The first-order valence-electron chi connectivity index (χ1n) is 11.4. The maximum atomic E-state index is 5.48. The molecule has 1 unspecified atom stereocenters. The van der Waals surface area contributed by atoms with Crippen molar-refractivity contribution in [1.29, 1.82) is 0 Å². The molecule has 0 aromatic rings. The Hall–Kier alpha value is -0.500. The van der Waals surface area contributed by atoms with E-state index in [4.69, 9.17) is 9.73 Å². The third-order valence-electron chi connectivity index (χ3n) is 6.58. The maximum absolute atomic E-state index is 5.48. The third kappa shape index (κ3) is 6.25. The molecule has 3 aliphatic rings. The summed E-state index contributed by atoms with van der Waals surface area (Å²) in [6, 6.07) is 0.496. The van der Waals surface area contributed by atoms with Crippen molar-refractivity contribution >= 4 is 17.7 Å². The summed E-state index contributed by atoms with van der Waals surface area (Å²) in [5, 5.41) is 7.08. The standard InChI is InChI=1S/C21H41N5OS/c1-3-22-20(23-17-19(2)25-9-13-27-14-10-25)24-18-21(7-5-4-6-8-21)26-11-15-28-16-12-26/h19H,3-18H2,1-2H3,(H2,22,23,24). The molecular formula is C21H41N5OS. The Morgan fingerprint density at radius 2 is 1.79 bits per heavy atom. The zero-order valence-corrected chi connectivity index (χ0v) is 18.9. The summed E-state index contributed by atoms with van der Waals surface area (Å²) in [4.78, 5) is 10.4. The lowest BCUT2D eigenvalue weighted by atomic mass is 9.80. The van der Waals surface area contributed by atoms with E-state index in [1.807, 2.05) is 0 Å². The first kappa shape index (κ1) is 22.2. The van der Waals surface area contributed by atoms with Crippen LogP contribution in [0.1, 0.15) is 46.0 Å². The fraction of sp³-hybridized carbons (Fsp3) is 0.952. The van der Waals surface area contributed by atoms with Crippen molar-refractivity contribution in [2.45, 2.75) is 57.5 Å². The fourth-order valence-electron chi connectivity index (χ4n) is 4.78. The average molecular weight is 412 g/mol. The number of hydrogen-bond acceptors (Lipinski definition) is 5. The zero-order chi connectivity index (χ0) is 19.7.